The molecule has 0 aliphatic rings. The van der Waals surface area contributed by atoms with Crippen LogP contribution in [0.2, 0.25) is 0 Å². The number of nitrogens with zero attached hydrogens (tertiary/aromatic N) is 2. The van der Waals surface area contributed by atoms with Crippen molar-refractivity contribution in [1.29, 1.82) is 0 Å². The summed E-state index contributed by atoms with van der Waals surface area (Å²) in [6.45, 7) is -0.273. The third-order valence-corrected chi connectivity index (χ3v) is 2.89. The number of thioether (sulfide) groups is 1. The number of aliphatic hydroxyl groups excluding tert-OH is 2. The topological polar surface area (TPSA) is 112 Å². The van der Waals surface area contributed by atoms with E-state index in [0.29, 0.717) is 11.4 Å². The lowest BCUT2D eigenvalue weighted by atomic mass is 10.3. The van der Waals surface area contributed by atoms with E-state index < -0.39 is 6.10 Å². The average Bonchev–Trinajstić information content (AvgIpc) is 2.35. The molecule has 0 radical (unpaired) electrons. The van der Waals surface area contributed by atoms with Crippen molar-refractivity contribution in [3.05, 3.63) is 24.0 Å². The summed E-state index contributed by atoms with van der Waals surface area (Å²) in [4.78, 5) is 4.74. The fourth-order valence-corrected chi connectivity index (χ4v) is 1.78. The van der Waals surface area contributed by atoms with Gasteiger partial charge in [0.25, 0.3) is 0 Å². The van der Waals surface area contributed by atoms with Crippen molar-refractivity contribution in [2.45, 2.75) is 11.0 Å². The van der Waals surface area contributed by atoms with Crippen LogP contribution in [0.4, 0.5) is 0 Å². The highest BCUT2D eigenvalue weighted by molar-refractivity contribution is 7.99. The lowest BCUT2D eigenvalue weighted by Gasteiger charge is -2.06. The molecule has 6 nitrogen and oxygen atoms in total. The molecule has 88 valence electrons. The number of aromatic nitrogens is 1. The number of rotatable bonds is 5. The van der Waals surface area contributed by atoms with Gasteiger partial charge in [0, 0.05) is 16.8 Å². The first-order chi connectivity index (χ1) is 7.67. The first-order valence-corrected chi connectivity index (χ1v) is 5.51. The lowest BCUT2D eigenvalue weighted by molar-refractivity contribution is 0.113. The molecule has 1 unspecified atom stereocenters. The summed E-state index contributed by atoms with van der Waals surface area (Å²) in [7, 11) is 0. The molecule has 0 saturated carbocycles. The first kappa shape index (κ1) is 12.8. The van der Waals surface area contributed by atoms with Crippen LogP contribution < -0.4 is 5.73 Å². The minimum Gasteiger partial charge on any atom is -0.409 e. The highest BCUT2D eigenvalue weighted by Crippen LogP contribution is 2.18. The molecule has 1 aromatic rings. The van der Waals surface area contributed by atoms with E-state index in [-0.39, 0.29) is 12.4 Å². The van der Waals surface area contributed by atoms with Gasteiger partial charge in [-0.1, -0.05) is 5.16 Å². The fraction of sp³-hybridized carbons (Fsp3) is 0.333. The Morgan fingerprint density at radius 3 is 3.00 bits per heavy atom. The molecule has 16 heavy (non-hydrogen) atoms. The number of oxime groups is 1. The van der Waals surface area contributed by atoms with Gasteiger partial charge in [0.2, 0.25) is 0 Å². The summed E-state index contributed by atoms with van der Waals surface area (Å²) in [6, 6.07) is 3.38. The van der Waals surface area contributed by atoms with Crippen molar-refractivity contribution in [1.82, 2.24) is 4.98 Å². The molecule has 1 atom stereocenters. The summed E-state index contributed by atoms with van der Waals surface area (Å²) in [6.07, 6.45) is 0.770. The van der Waals surface area contributed by atoms with E-state index in [1.54, 1.807) is 12.1 Å². The van der Waals surface area contributed by atoms with Crippen molar-refractivity contribution < 1.29 is 15.4 Å². The normalized spacial score (nSPS) is 13.8. The Kier molecular flexibility index (Phi) is 5.03. The second kappa shape index (κ2) is 6.31. The smallest absolute Gasteiger partial charge is 0.188 e. The van der Waals surface area contributed by atoms with Crippen molar-refractivity contribution in [3.8, 4) is 0 Å². The van der Waals surface area contributed by atoms with E-state index in [1.807, 2.05) is 0 Å². The third kappa shape index (κ3) is 3.69. The zero-order valence-electron chi connectivity index (χ0n) is 8.45. The van der Waals surface area contributed by atoms with Crippen LogP contribution in [0.25, 0.3) is 0 Å². The monoisotopic (exact) mass is 243 g/mol. The van der Waals surface area contributed by atoms with Gasteiger partial charge < -0.3 is 21.2 Å². The predicted molar refractivity (Wildman–Crippen MR) is 60.6 cm³/mol. The van der Waals surface area contributed by atoms with E-state index >= 15 is 0 Å². The Morgan fingerprint density at radius 2 is 2.38 bits per heavy atom. The predicted octanol–water partition coefficient (Wildman–Crippen LogP) is -0.379. The second-order valence-corrected chi connectivity index (χ2v) is 4.10. The van der Waals surface area contributed by atoms with Gasteiger partial charge in [0.05, 0.1) is 12.7 Å². The molecule has 0 aliphatic carbocycles. The number of pyridine rings is 1. The van der Waals surface area contributed by atoms with Gasteiger partial charge in [-0.05, 0) is 12.1 Å². The standard InChI is InChI=1S/C9H13N3O3S/c10-9(12-15)8-3-7(1-2-11-8)16-5-6(14)4-13/h1-3,6,13-15H,4-5H2,(H2,10,12). The Balaban J connectivity index is 2.68. The number of hydrogen-bond donors (Lipinski definition) is 4. The zero-order chi connectivity index (χ0) is 12.0. The van der Waals surface area contributed by atoms with Crippen LogP contribution in [0.15, 0.2) is 28.4 Å². The molecule has 5 N–H and O–H groups in total. The molecule has 0 bridgehead atoms. The van der Waals surface area contributed by atoms with Gasteiger partial charge in [-0.3, -0.25) is 4.98 Å². The van der Waals surface area contributed by atoms with Crippen LogP contribution in [0.5, 0.6) is 0 Å². The van der Waals surface area contributed by atoms with E-state index in [4.69, 9.17) is 21.2 Å². The first-order valence-electron chi connectivity index (χ1n) is 4.53. The van der Waals surface area contributed by atoms with E-state index in [9.17, 15) is 0 Å². The van der Waals surface area contributed by atoms with Crippen LogP contribution in [0, 0.1) is 0 Å². The molecule has 1 heterocycles. The van der Waals surface area contributed by atoms with Gasteiger partial charge >= 0.3 is 0 Å². The minimum atomic E-state index is -0.759. The molecule has 0 aliphatic heterocycles. The molecule has 7 heteroatoms. The van der Waals surface area contributed by atoms with Gasteiger partial charge in [-0.15, -0.1) is 11.8 Å². The van der Waals surface area contributed by atoms with Crippen molar-refractivity contribution >= 4 is 17.6 Å². The van der Waals surface area contributed by atoms with Gasteiger partial charge in [-0.2, -0.15) is 0 Å². The molecular weight excluding hydrogens is 230 g/mol. The summed E-state index contributed by atoms with van der Waals surface area (Å²) < 4.78 is 0. The SMILES string of the molecule is NC(=NO)c1cc(SCC(O)CO)ccn1. The summed E-state index contributed by atoms with van der Waals surface area (Å²) in [5, 5.41) is 29.1. The van der Waals surface area contributed by atoms with Gasteiger partial charge in [-0.25, -0.2) is 0 Å². The minimum absolute atomic E-state index is 0.0647. The third-order valence-electron chi connectivity index (χ3n) is 1.75. The zero-order valence-corrected chi connectivity index (χ0v) is 9.26. The Morgan fingerprint density at radius 1 is 1.62 bits per heavy atom. The second-order valence-electron chi connectivity index (χ2n) is 3.01. The fourth-order valence-electron chi connectivity index (χ4n) is 0.937. The molecule has 0 fully saturated rings. The molecule has 0 saturated heterocycles. The highest BCUT2D eigenvalue weighted by atomic mass is 32.2. The van der Waals surface area contributed by atoms with E-state index in [0.717, 1.165) is 4.90 Å². The highest BCUT2D eigenvalue weighted by Gasteiger charge is 2.05. The quantitative estimate of drug-likeness (QED) is 0.184. The van der Waals surface area contributed by atoms with Gasteiger partial charge in [0.1, 0.15) is 5.69 Å². The van der Waals surface area contributed by atoms with Crippen LogP contribution in [-0.4, -0.2) is 44.7 Å². The number of aliphatic hydroxyl groups is 2. The molecular formula is C9H13N3O3S. The average molecular weight is 243 g/mol. The van der Waals surface area contributed by atoms with Crippen LogP contribution in [0.1, 0.15) is 5.69 Å². The summed E-state index contributed by atoms with van der Waals surface area (Å²) in [5.74, 6) is 0.306. The Labute approximate surface area is 96.8 Å². The maximum Gasteiger partial charge on any atom is 0.188 e. The maximum atomic E-state index is 9.17. The lowest BCUT2D eigenvalue weighted by Crippen LogP contribution is -2.16. The maximum absolute atomic E-state index is 9.17. The Hall–Kier alpha value is -1.31. The number of hydrogen-bond acceptors (Lipinski definition) is 6. The molecule has 0 amide bonds. The molecule has 0 aromatic carbocycles. The van der Waals surface area contributed by atoms with Crippen LogP contribution in [0.3, 0.4) is 0 Å². The molecule has 0 spiro atoms. The number of nitrogens with two attached hydrogens (primary N) is 1. The van der Waals surface area contributed by atoms with E-state index in [1.165, 1.54) is 18.0 Å². The molecule has 1 aromatic heterocycles. The molecule has 1 rings (SSSR count). The summed E-state index contributed by atoms with van der Waals surface area (Å²) in [5.41, 5.74) is 5.75. The van der Waals surface area contributed by atoms with Crippen molar-refractivity contribution in [3.63, 3.8) is 0 Å². The van der Waals surface area contributed by atoms with Crippen molar-refractivity contribution in [2.75, 3.05) is 12.4 Å². The largest absolute Gasteiger partial charge is 0.409 e. The van der Waals surface area contributed by atoms with E-state index in [2.05, 4.69) is 10.1 Å². The van der Waals surface area contributed by atoms with Crippen molar-refractivity contribution in [2.24, 2.45) is 10.9 Å². The van der Waals surface area contributed by atoms with Crippen LogP contribution in [-0.2, 0) is 0 Å². The van der Waals surface area contributed by atoms with Crippen LogP contribution >= 0.6 is 11.8 Å². The number of amidine groups is 1. The Bertz CT molecular complexity index is 373. The van der Waals surface area contributed by atoms with Gasteiger partial charge in [0.15, 0.2) is 5.84 Å². The summed E-state index contributed by atoms with van der Waals surface area (Å²) >= 11 is 1.35.